The highest BCUT2D eigenvalue weighted by Crippen LogP contribution is 2.48. The first-order chi connectivity index (χ1) is 42.4. The topological polar surface area (TPSA) is 212 Å². The molecule has 0 atom stereocenters. The monoisotopic (exact) mass is 1220 g/mol. The van der Waals surface area contributed by atoms with Crippen LogP contribution in [0.3, 0.4) is 0 Å². The minimum atomic E-state index is -0.732. The van der Waals surface area contributed by atoms with E-state index in [1.807, 2.05) is 12.1 Å². The quantitative estimate of drug-likeness (QED) is 0.0202. The third-order valence-electron chi connectivity index (χ3n) is 16.8. The van der Waals surface area contributed by atoms with Crippen LogP contribution >= 0.6 is 11.8 Å². The van der Waals surface area contributed by atoms with E-state index in [-0.39, 0.29) is 31.3 Å². The molecule has 0 radical (unpaired) electrons. The van der Waals surface area contributed by atoms with E-state index in [1.54, 1.807) is 17.8 Å². The summed E-state index contributed by atoms with van der Waals surface area (Å²) in [6.07, 6.45) is 39.9. The molecule has 5 N–H and O–H groups in total. The highest BCUT2D eigenvalue weighted by atomic mass is 32.2. The zero-order valence-electron chi connectivity index (χ0n) is 53.2. The Hall–Kier alpha value is -6.01. The summed E-state index contributed by atoms with van der Waals surface area (Å²) in [5.41, 5.74) is 6.04. The molecule has 0 bridgehead atoms. The molecule has 0 spiro atoms. The van der Waals surface area contributed by atoms with Gasteiger partial charge < -0.3 is 40.4 Å². The van der Waals surface area contributed by atoms with Gasteiger partial charge in [-0.15, -0.1) is 0 Å². The number of hydrogen-bond donors (Lipinski definition) is 5. The van der Waals surface area contributed by atoms with Gasteiger partial charge in [-0.1, -0.05) is 210 Å². The molecule has 0 aromatic heterocycles. The second-order valence-electron chi connectivity index (χ2n) is 24.2. The minimum absolute atomic E-state index is 0.0287. The molecule has 0 aliphatic carbocycles. The van der Waals surface area contributed by atoms with E-state index in [2.05, 4.69) is 81.5 Å². The number of amides is 1. The first-order valence-corrected chi connectivity index (χ1v) is 34.8. The van der Waals surface area contributed by atoms with Gasteiger partial charge in [0.05, 0.1) is 22.7 Å². The van der Waals surface area contributed by atoms with E-state index in [4.69, 9.17) is 20.4 Å². The van der Waals surface area contributed by atoms with E-state index in [1.165, 1.54) is 29.8 Å². The Labute approximate surface area is 527 Å². The highest BCUT2D eigenvalue weighted by Gasteiger charge is 2.24. The number of carbonyl (C=O) groups excluding carboxylic acids is 1. The lowest BCUT2D eigenvalue weighted by Gasteiger charge is -2.34. The van der Waals surface area contributed by atoms with Crippen molar-refractivity contribution in [1.82, 2.24) is 0 Å². The molecule has 1 amide bonds. The van der Waals surface area contributed by atoms with Gasteiger partial charge in [0, 0.05) is 73.9 Å². The zero-order valence-corrected chi connectivity index (χ0v) is 54.0. The number of aliphatic carboxylic acids is 4. The first-order valence-electron chi connectivity index (χ1n) is 34.0. The van der Waals surface area contributed by atoms with Crippen LogP contribution in [0.1, 0.15) is 269 Å². The predicted octanol–water partition coefficient (Wildman–Crippen LogP) is 19.4. The number of nitriles is 1. The average molecular weight is 1220 g/mol. The number of fused-ring (bicyclic) bond motifs is 2. The average Bonchev–Trinajstić information content (AvgIpc) is 1.12. The van der Waals surface area contributed by atoms with E-state index in [9.17, 15) is 29.2 Å². The molecule has 1 aliphatic heterocycles. The van der Waals surface area contributed by atoms with Crippen LogP contribution in [-0.4, -0.2) is 82.9 Å². The Bertz CT molecular complexity index is 2460. The Morgan fingerprint density at radius 2 is 0.851 bits per heavy atom. The summed E-state index contributed by atoms with van der Waals surface area (Å²) in [6, 6.07) is 23.3. The lowest BCUT2D eigenvalue weighted by Crippen LogP contribution is -2.31. The van der Waals surface area contributed by atoms with Crippen molar-refractivity contribution in [2.75, 3.05) is 52.7 Å². The number of unbranched alkanes of at least 4 members (excludes halogenated alkanes) is 31. The number of carboxylic acids is 4. The smallest absolute Gasteiger partial charge is 0.303 e. The Kier molecular flexibility index (Phi) is 39.0. The summed E-state index contributed by atoms with van der Waals surface area (Å²) in [4.78, 5) is 68.4. The molecule has 1 aliphatic rings. The van der Waals surface area contributed by atoms with Gasteiger partial charge >= 0.3 is 23.9 Å². The number of rotatable bonds is 54. The van der Waals surface area contributed by atoms with Crippen LogP contribution in [0.25, 0.3) is 6.08 Å². The second-order valence-corrected chi connectivity index (χ2v) is 25.3. The van der Waals surface area contributed by atoms with E-state index in [0.29, 0.717) is 5.69 Å². The highest BCUT2D eigenvalue weighted by molar-refractivity contribution is 7.99. The molecule has 0 saturated heterocycles. The van der Waals surface area contributed by atoms with E-state index >= 15 is 0 Å². The van der Waals surface area contributed by atoms with Crippen molar-refractivity contribution in [3.05, 3.63) is 71.8 Å². The number of carboxylic acid groups (broad SMARTS) is 4. The van der Waals surface area contributed by atoms with Crippen molar-refractivity contribution in [2.45, 2.75) is 274 Å². The minimum Gasteiger partial charge on any atom is -0.481 e. The van der Waals surface area contributed by atoms with Gasteiger partial charge in [0.25, 0.3) is 5.91 Å². The summed E-state index contributed by atoms with van der Waals surface area (Å²) < 4.78 is 0. The Balaban J connectivity index is 1.63. The van der Waals surface area contributed by atoms with Crippen molar-refractivity contribution in [3.63, 3.8) is 0 Å². The molecule has 87 heavy (non-hydrogen) atoms. The van der Waals surface area contributed by atoms with Crippen LogP contribution in [0.4, 0.5) is 28.4 Å². The maximum Gasteiger partial charge on any atom is 0.303 e. The fourth-order valence-corrected chi connectivity index (χ4v) is 12.9. The second kappa shape index (κ2) is 46.2. The van der Waals surface area contributed by atoms with Crippen molar-refractivity contribution >= 4 is 76.1 Å². The number of nitrogens with one attached hydrogen (secondary N) is 1. The lowest BCUT2D eigenvalue weighted by atomic mass is 10.0. The normalized spacial score (nSPS) is 11.9. The molecule has 14 nitrogen and oxygen atoms in total. The molecule has 4 rings (SSSR count). The van der Waals surface area contributed by atoms with Gasteiger partial charge in [0.15, 0.2) is 0 Å². The number of nitrogens with zero attached hydrogens (tertiary/aromatic N) is 4. The van der Waals surface area contributed by atoms with Gasteiger partial charge in [0.2, 0.25) is 0 Å². The fourth-order valence-electron chi connectivity index (χ4n) is 11.8. The van der Waals surface area contributed by atoms with Gasteiger partial charge in [-0.2, -0.15) is 5.26 Å². The van der Waals surface area contributed by atoms with Crippen LogP contribution in [0.15, 0.2) is 76.0 Å². The molecule has 1 heterocycles. The number of anilines is 5. The van der Waals surface area contributed by atoms with Crippen molar-refractivity contribution in [2.24, 2.45) is 0 Å². The summed E-state index contributed by atoms with van der Waals surface area (Å²) in [5, 5.41) is 50.1. The third-order valence-corrected chi connectivity index (χ3v) is 17.9. The zero-order chi connectivity index (χ0) is 62.5. The van der Waals surface area contributed by atoms with E-state index in [0.717, 1.165) is 272 Å². The van der Waals surface area contributed by atoms with Gasteiger partial charge in [-0.3, -0.25) is 24.0 Å². The number of hydrogen-bond acceptors (Lipinski definition) is 10. The summed E-state index contributed by atoms with van der Waals surface area (Å²) >= 11 is 1.72. The number of benzene rings is 3. The van der Waals surface area contributed by atoms with Crippen LogP contribution in [0, 0.1) is 11.3 Å². The predicted molar refractivity (Wildman–Crippen MR) is 358 cm³/mol. The van der Waals surface area contributed by atoms with Crippen LogP contribution in [0.2, 0.25) is 0 Å². The molecular formula is C72H109N5O9S. The molecule has 15 heteroatoms. The maximum absolute atomic E-state index is 14.4. The molecule has 0 fully saturated rings. The molecule has 3 aromatic carbocycles. The van der Waals surface area contributed by atoms with Gasteiger partial charge in [0.1, 0.15) is 11.6 Å². The molecule has 482 valence electrons. The Morgan fingerprint density at radius 3 is 1.28 bits per heavy atom. The molecule has 0 unspecified atom stereocenters. The summed E-state index contributed by atoms with van der Waals surface area (Å²) in [5.74, 6) is -3.38. The summed E-state index contributed by atoms with van der Waals surface area (Å²) in [6.45, 7) is 6.61. The molecule has 3 aromatic rings. The van der Waals surface area contributed by atoms with E-state index < -0.39 is 29.8 Å². The van der Waals surface area contributed by atoms with Crippen LogP contribution < -0.4 is 20.0 Å². The number of para-hydroxylation sites is 1. The van der Waals surface area contributed by atoms with Gasteiger partial charge in [-0.05, 0) is 112 Å². The maximum atomic E-state index is 14.4. The Morgan fingerprint density at radius 1 is 0.460 bits per heavy atom. The number of carbonyl (C=O) groups is 5. The molecular weight excluding hydrogens is 1110 g/mol. The first kappa shape index (κ1) is 73.5. The summed E-state index contributed by atoms with van der Waals surface area (Å²) in [7, 11) is 0. The largest absolute Gasteiger partial charge is 0.481 e. The SMILES string of the molecule is CCCCCCN1c2ccccc2Sc2cc(C=C(C#N)C(=O)Nc3ccc(N(CCCCCCCCCCC(=O)O)CCCCCCCCCCC(=O)O)c(N(CCCCCCCCCCC(=O)O)CCCCCCCCCCC(=O)O)c3)ccc21. The van der Waals surface area contributed by atoms with Crippen molar-refractivity contribution in [3.8, 4) is 6.07 Å². The van der Waals surface area contributed by atoms with Gasteiger partial charge in [-0.25, -0.2) is 0 Å². The lowest BCUT2D eigenvalue weighted by molar-refractivity contribution is -0.138. The standard InChI is InChI=1S/C72H109N5O9S/c1-2-3-4-39-54-77-63-40-33-34-41-66(63)87-67-56-59(46-48-64(67)77)55-60(58-73)72(86)74-61-47-49-62(75(50-35-25-17-9-5-13-21-29-42-68(78)79)51-36-26-18-10-6-14-22-30-43-69(80)81)65(57-61)76(52-37-27-19-11-7-15-23-31-44-70(82)83)53-38-28-20-12-8-16-24-32-45-71(84)85/h33-34,40-41,46-49,55-57H,2-32,35-39,42-45,50-54H2,1H3,(H,74,86)(H,78,79)(H,80,81)(H,82,83)(H,84,85). The molecule has 0 saturated carbocycles. The van der Waals surface area contributed by atoms with Crippen LogP contribution in [-0.2, 0) is 24.0 Å². The van der Waals surface area contributed by atoms with Crippen molar-refractivity contribution in [1.29, 1.82) is 5.26 Å². The van der Waals surface area contributed by atoms with Crippen LogP contribution in [0.5, 0.6) is 0 Å². The van der Waals surface area contributed by atoms with Crippen molar-refractivity contribution < 1.29 is 44.4 Å². The fraction of sp³-hybridized carbons (Fsp3) is 0.639. The third kappa shape index (κ3) is 32.2.